The Morgan fingerprint density at radius 3 is 0.920 bits per heavy atom. The topological polar surface area (TPSA) is 93.1 Å². The van der Waals surface area contributed by atoms with E-state index < -0.39 is 28.6 Å². The maximum Gasteiger partial charge on any atom is 0.336 e. The number of carboxylic acid groups (broad SMARTS) is 2. The maximum absolute atomic E-state index is 12.5. The van der Waals surface area contributed by atoms with Crippen LogP contribution in [0.3, 0.4) is 0 Å². The van der Waals surface area contributed by atoms with E-state index in [1.807, 2.05) is 72.8 Å². The molecule has 6 nitrogen and oxygen atoms in total. The van der Waals surface area contributed by atoms with E-state index in [2.05, 4.69) is 90.1 Å². The van der Waals surface area contributed by atoms with E-state index in [1.54, 1.807) is 0 Å². The van der Waals surface area contributed by atoms with Gasteiger partial charge in [-0.2, -0.15) is 0 Å². The number of hydrogen-bond donors (Lipinski definition) is 2. The van der Waals surface area contributed by atoms with Gasteiger partial charge < -0.3 is 19.1 Å². The highest BCUT2D eigenvalue weighted by molar-refractivity contribution is 7.00. The first-order valence-electron chi connectivity index (χ1n) is 16.8. The van der Waals surface area contributed by atoms with Crippen LogP contribution in [-0.2, 0) is 22.1 Å². The molecule has 5 aromatic carbocycles. The van der Waals surface area contributed by atoms with E-state index in [-0.39, 0.29) is 34.4 Å². The Bertz CT molecular complexity index is 1700. The molecule has 5 aromatic rings. The van der Waals surface area contributed by atoms with Crippen LogP contribution in [0.25, 0.3) is 0 Å². The Morgan fingerprint density at radius 1 is 0.480 bits per heavy atom. The lowest BCUT2D eigenvalue weighted by Gasteiger charge is -2.44. The number of aromatic carboxylic acids is 2. The van der Waals surface area contributed by atoms with Gasteiger partial charge in [0.2, 0.25) is 0 Å². The van der Waals surface area contributed by atoms with Crippen LogP contribution in [0, 0.1) is 0 Å². The molecule has 0 unspecified atom stereocenters. The summed E-state index contributed by atoms with van der Waals surface area (Å²) in [7, 11) is -6.05. The molecule has 0 heterocycles. The summed E-state index contributed by atoms with van der Waals surface area (Å²) in [6, 6.07) is 43.8. The fraction of sp³-hybridized carbons (Fsp3) is 0.238. The van der Waals surface area contributed by atoms with Gasteiger partial charge in [0.1, 0.15) is 0 Å². The third-order valence-electron chi connectivity index (χ3n) is 9.52. The zero-order chi connectivity index (χ0) is 36.2. The summed E-state index contributed by atoms with van der Waals surface area (Å²) in [4.78, 5) is 25.0. The first kappa shape index (κ1) is 36.7. The molecule has 0 saturated heterocycles. The van der Waals surface area contributed by atoms with E-state index in [9.17, 15) is 19.8 Å². The highest BCUT2D eigenvalue weighted by atomic mass is 28.4. The molecule has 0 aromatic heterocycles. The first-order chi connectivity index (χ1) is 23.7. The Hall–Kier alpha value is -4.61. The van der Waals surface area contributed by atoms with Crippen LogP contribution < -0.4 is 20.7 Å². The fourth-order valence-electron chi connectivity index (χ4n) is 7.21. The second-order valence-corrected chi connectivity index (χ2v) is 23.3. The molecule has 8 heteroatoms. The summed E-state index contributed by atoms with van der Waals surface area (Å²) >= 11 is 0. The Morgan fingerprint density at radius 2 is 0.720 bits per heavy atom. The fourth-order valence-corrected chi connectivity index (χ4v) is 16.3. The molecule has 0 spiro atoms. The van der Waals surface area contributed by atoms with Gasteiger partial charge >= 0.3 is 11.9 Å². The number of carboxylic acids is 2. The van der Waals surface area contributed by atoms with E-state index in [4.69, 9.17) is 8.85 Å². The van der Waals surface area contributed by atoms with Crippen molar-refractivity contribution in [3.63, 3.8) is 0 Å². The van der Waals surface area contributed by atoms with Crippen molar-refractivity contribution < 1.29 is 28.7 Å². The number of hydrogen-bond acceptors (Lipinski definition) is 4. The summed E-state index contributed by atoms with van der Waals surface area (Å²) in [6.07, 6.45) is 0. The quantitative estimate of drug-likeness (QED) is 0.133. The lowest BCUT2D eigenvalue weighted by atomic mass is 9.99. The largest absolute Gasteiger partial charge is 0.478 e. The zero-order valence-electron chi connectivity index (χ0n) is 29.6. The van der Waals surface area contributed by atoms with Gasteiger partial charge in [0.25, 0.3) is 16.6 Å². The van der Waals surface area contributed by atoms with Gasteiger partial charge in [-0.05, 0) is 54.1 Å². The molecule has 258 valence electrons. The van der Waals surface area contributed by atoms with Crippen molar-refractivity contribution in [3.8, 4) is 0 Å². The Labute approximate surface area is 297 Å². The van der Waals surface area contributed by atoms with Gasteiger partial charge in [0, 0.05) is 0 Å². The molecular weight excluding hydrogens is 657 g/mol. The minimum atomic E-state index is -3.03. The highest BCUT2D eigenvalue weighted by Gasteiger charge is 2.51. The van der Waals surface area contributed by atoms with Crippen LogP contribution in [-0.4, -0.2) is 38.8 Å². The van der Waals surface area contributed by atoms with Crippen molar-refractivity contribution in [3.05, 3.63) is 156 Å². The summed E-state index contributed by atoms with van der Waals surface area (Å²) < 4.78 is 14.5. The summed E-state index contributed by atoms with van der Waals surface area (Å²) in [5, 5.41) is 24.1. The zero-order valence-corrected chi connectivity index (χ0v) is 31.6. The van der Waals surface area contributed by atoms with Gasteiger partial charge in [-0.1, -0.05) is 163 Å². The molecule has 0 bridgehead atoms. The van der Waals surface area contributed by atoms with Crippen LogP contribution in [0.1, 0.15) is 73.4 Å². The van der Waals surface area contributed by atoms with Crippen molar-refractivity contribution in [1.29, 1.82) is 0 Å². The van der Waals surface area contributed by atoms with E-state index in [0.717, 1.165) is 20.7 Å². The molecule has 0 radical (unpaired) electrons. The van der Waals surface area contributed by atoms with Crippen LogP contribution in [0.5, 0.6) is 0 Å². The van der Waals surface area contributed by atoms with Crippen molar-refractivity contribution in [2.24, 2.45) is 0 Å². The summed E-state index contributed by atoms with van der Waals surface area (Å²) in [6.45, 7) is 13.2. The minimum Gasteiger partial charge on any atom is -0.478 e. The summed E-state index contributed by atoms with van der Waals surface area (Å²) in [5.74, 6) is -2.62. The van der Waals surface area contributed by atoms with Gasteiger partial charge in [-0.3, -0.25) is 0 Å². The number of carbonyl (C=O) groups is 2. The summed E-state index contributed by atoms with van der Waals surface area (Å²) in [5.41, 5.74) is 0.595. The third-order valence-corrected chi connectivity index (χ3v) is 19.5. The lowest BCUT2D eigenvalue weighted by Crippen LogP contribution is -2.66. The predicted octanol–water partition coefficient (Wildman–Crippen LogP) is 7.24. The van der Waals surface area contributed by atoms with Crippen molar-refractivity contribution >= 4 is 49.3 Å². The number of benzene rings is 5. The van der Waals surface area contributed by atoms with Crippen LogP contribution in [0.15, 0.2) is 133 Å². The molecule has 2 N–H and O–H groups in total. The molecule has 0 atom stereocenters. The monoisotopic (exact) mass is 702 g/mol. The maximum atomic E-state index is 12.5. The van der Waals surface area contributed by atoms with Crippen molar-refractivity contribution in [2.75, 3.05) is 0 Å². The molecule has 0 saturated carbocycles. The molecule has 0 aliphatic carbocycles. The standard InChI is InChI=1S/C42H46O6Si2/c1-41(2,3)49(33-19-11-7-12-20-33,34-21-13-8-14-22-34)47-29-31-27-37(39(43)44)38(40(45)46)28-32(31)30-48-50(42(4,5)6,35-23-15-9-16-24-35)36-25-17-10-18-26-36/h7-28H,29-30H2,1-6H3,(H,43,44)(H,45,46). The second-order valence-electron chi connectivity index (χ2n) is 14.7. The second kappa shape index (κ2) is 14.7. The molecule has 5 rings (SSSR count). The van der Waals surface area contributed by atoms with Gasteiger partial charge in [0.15, 0.2) is 0 Å². The minimum absolute atomic E-state index is 0.0624. The van der Waals surface area contributed by atoms with E-state index >= 15 is 0 Å². The van der Waals surface area contributed by atoms with Crippen LogP contribution >= 0.6 is 0 Å². The highest BCUT2D eigenvalue weighted by Crippen LogP contribution is 2.39. The Balaban J connectivity index is 1.69. The van der Waals surface area contributed by atoms with Gasteiger partial charge in [0.05, 0.1) is 24.3 Å². The van der Waals surface area contributed by atoms with Crippen LogP contribution in [0.4, 0.5) is 0 Å². The average molecular weight is 703 g/mol. The molecule has 0 aliphatic rings. The molecule has 0 amide bonds. The SMILES string of the molecule is CC(C)(C)[Si](OCc1cc(C(=O)O)c(C(=O)O)cc1CO[Si](c1ccccc1)(c1ccccc1)C(C)(C)C)(c1ccccc1)c1ccccc1. The third kappa shape index (κ3) is 7.02. The molecule has 0 fully saturated rings. The predicted molar refractivity (Wildman–Crippen MR) is 205 cm³/mol. The van der Waals surface area contributed by atoms with Gasteiger partial charge in [-0.15, -0.1) is 0 Å². The first-order valence-corrected chi connectivity index (χ1v) is 20.7. The molecule has 0 aliphatic heterocycles. The average Bonchev–Trinajstić information content (AvgIpc) is 3.09. The van der Waals surface area contributed by atoms with E-state index in [1.165, 1.54) is 12.1 Å². The Kier molecular flexibility index (Phi) is 10.8. The van der Waals surface area contributed by atoms with Crippen LogP contribution in [0.2, 0.25) is 10.1 Å². The van der Waals surface area contributed by atoms with Crippen molar-refractivity contribution in [2.45, 2.75) is 64.8 Å². The smallest absolute Gasteiger partial charge is 0.336 e. The number of rotatable bonds is 12. The molecular formula is C42H46O6Si2. The van der Waals surface area contributed by atoms with Crippen molar-refractivity contribution in [1.82, 2.24) is 0 Å². The van der Waals surface area contributed by atoms with E-state index in [0.29, 0.717) is 11.1 Å². The molecule has 50 heavy (non-hydrogen) atoms. The lowest BCUT2D eigenvalue weighted by molar-refractivity contribution is 0.0651. The van der Waals surface area contributed by atoms with Gasteiger partial charge in [-0.25, -0.2) is 9.59 Å². The normalized spacial score (nSPS) is 12.4.